The average Bonchev–Trinajstić information content (AvgIpc) is 3.11. The Morgan fingerprint density at radius 1 is 0.861 bits per heavy atom. The molecule has 0 amide bonds. The molecule has 2 aliphatic heterocycles. The Balaban J connectivity index is 1.79. The Hall–Kier alpha value is -2.79. The lowest BCUT2D eigenvalue weighted by Gasteiger charge is -2.26. The lowest BCUT2D eigenvalue weighted by Crippen LogP contribution is -2.30. The van der Waals surface area contributed by atoms with Crippen molar-refractivity contribution in [1.29, 1.82) is 0 Å². The number of fused-ring (bicyclic) bond motifs is 2. The number of benzene rings is 2. The minimum absolute atomic E-state index is 0.0847. The molecule has 0 saturated carbocycles. The topological polar surface area (TPSA) is 115 Å². The van der Waals surface area contributed by atoms with E-state index in [0.29, 0.717) is 5.71 Å². The molecule has 2 heterocycles. The Kier molecular flexibility index (Phi) is 6.53. The van der Waals surface area contributed by atoms with Gasteiger partial charge in [-0.15, -0.1) is 0 Å². The summed E-state index contributed by atoms with van der Waals surface area (Å²) in [5.41, 5.74) is 4.17. The van der Waals surface area contributed by atoms with Gasteiger partial charge in [0.05, 0.1) is 11.2 Å². The molecule has 0 bridgehead atoms. The molecule has 2 aliphatic rings. The number of rotatable bonds is 7. The Morgan fingerprint density at radius 3 is 2.11 bits per heavy atom. The summed E-state index contributed by atoms with van der Waals surface area (Å²) in [4.78, 5) is 1.89. The number of nitrogens with zero attached hydrogens (tertiary/aromatic N) is 2. The Bertz CT molecular complexity index is 1520. The molecule has 0 aromatic heterocycles. The third kappa shape index (κ3) is 4.90. The highest BCUT2D eigenvalue weighted by Gasteiger charge is 2.45. The predicted molar refractivity (Wildman–Crippen MR) is 141 cm³/mol. The molecule has 10 heteroatoms. The molecule has 2 N–H and O–H groups in total. The zero-order valence-corrected chi connectivity index (χ0v) is 22.3. The van der Waals surface area contributed by atoms with Crippen molar-refractivity contribution < 1.29 is 30.5 Å². The summed E-state index contributed by atoms with van der Waals surface area (Å²) in [6, 6.07) is 15.2. The Morgan fingerprint density at radius 2 is 1.47 bits per heavy atom. The van der Waals surface area contributed by atoms with Gasteiger partial charge in [0.15, 0.2) is 5.71 Å². The zero-order valence-electron chi connectivity index (χ0n) is 20.7. The van der Waals surface area contributed by atoms with Gasteiger partial charge in [0.2, 0.25) is 5.69 Å². The van der Waals surface area contributed by atoms with Gasteiger partial charge < -0.3 is 4.90 Å². The summed E-state index contributed by atoms with van der Waals surface area (Å²) in [5, 5.41) is 0. The third-order valence-corrected chi connectivity index (χ3v) is 8.25. The molecule has 0 unspecified atom stereocenters. The first kappa shape index (κ1) is 26.3. The molecular weight excluding hydrogens is 500 g/mol. The monoisotopic (exact) mass is 531 g/mol. The van der Waals surface area contributed by atoms with Crippen molar-refractivity contribution in [2.24, 2.45) is 0 Å². The fourth-order valence-electron chi connectivity index (χ4n) is 5.26. The molecule has 0 saturated heterocycles. The number of allylic oxidation sites excluding steroid dienone is 4. The average molecular weight is 532 g/mol. The van der Waals surface area contributed by atoms with Crippen LogP contribution in [0, 0.1) is 0 Å². The first-order valence-electron chi connectivity index (χ1n) is 11.5. The van der Waals surface area contributed by atoms with Gasteiger partial charge in [-0.05, 0) is 31.6 Å². The van der Waals surface area contributed by atoms with Crippen molar-refractivity contribution >= 4 is 37.3 Å². The van der Waals surface area contributed by atoms with Gasteiger partial charge >= 0.3 is 10.1 Å². The van der Waals surface area contributed by atoms with Crippen molar-refractivity contribution in [3.63, 3.8) is 0 Å². The fraction of sp³-hybridized carbons (Fsp3) is 0.346. The normalized spacial score (nSPS) is 19.8. The smallest absolute Gasteiger partial charge is 0.326 e. The van der Waals surface area contributed by atoms with Crippen LogP contribution in [-0.4, -0.2) is 54.4 Å². The van der Waals surface area contributed by atoms with E-state index in [1.165, 1.54) is 0 Å². The van der Waals surface area contributed by atoms with Gasteiger partial charge in [0, 0.05) is 41.1 Å². The molecule has 36 heavy (non-hydrogen) atoms. The van der Waals surface area contributed by atoms with Crippen molar-refractivity contribution in [2.45, 2.75) is 38.5 Å². The SMILES string of the molecule is CC1(C)C(/C=C/C=C2/N(CCS(=O)(=O)O)c3ccccc3C2(C)C)=[N+](CS(=O)(=O)O)c2ccccc21. The van der Waals surface area contributed by atoms with Gasteiger partial charge in [-0.1, -0.05) is 56.3 Å². The molecule has 0 atom stereocenters. The predicted octanol–water partition coefficient (Wildman–Crippen LogP) is 4.03. The van der Waals surface area contributed by atoms with Gasteiger partial charge in [-0.3, -0.25) is 9.11 Å². The molecule has 2 aromatic carbocycles. The molecule has 4 rings (SSSR count). The number of hydrogen-bond acceptors (Lipinski definition) is 5. The van der Waals surface area contributed by atoms with Crippen molar-refractivity contribution in [1.82, 2.24) is 0 Å². The minimum Gasteiger partial charge on any atom is -0.343 e. The van der Waals surface area contributed by atoms with E-state index in [2.05, 4.69) is 0 Å². The highest BCUT2D eigenvalue weighted by Crippen LogP contribution is 2.47. The van der Waals surface area contributed by atoms with Crippen LogP contribution in [0.2, 0.25) is 0 Å². The van der Waals surface area contributed by atoms with Gasteiger partial charge in [0.1, 0.15) is 0 Å². The second kappa shape index (κ2) is 8.95. The van der Waals surface area contributed by atoms with Gasteiger partial charge in [-0.2, -0.15) is 21.4 Å². The molecule has 0 radical (unpaired) electrons. The molecule has 2 aromatic rings. The lowest BCUT2D eigenvalue weighted by molar-refractivity contribution is -0.416. The van der Waals surface area contributed by atoms with E-state index in [1.807, 2.05) is 99.4 Å². The van der Waals surface area contributed by atoms with E-state index < -0.39 is 42.7 Å². The largest absolute Gasteiger partial charge is 0.343 e. The van der Waals surface area contributed by atoms with Crippen LogP contribution < -0.4 is 4.90 Å². The van der Waals surface area contributed by atoms with Crippen LogP contribution in [0.4, 0.5) is 11.4 Å². The van der Waals surface area contributed by atoms with Gasteiger partial charge in [0.25, 0.3) is 16.0 Å². The zero-order chi connectivity index (χ0) is 26.5. The summed E-state index contributed by atoms with van der Waals surface area (Å²) in [6.45, 7) is 8.17. The van der Waals surface area contributed by atoms with Crippen molar-refractivity contribution in [3.05, 3.63) is 83.6 Å². The number of para-hydroxylation sites is 2. The lowest BCUT2D eigenvalue weighted by atomic mass is 9.81. The minimum atomic E-state index is -4.29. The van der Waals surface area contributed by atoms with Gasteiger partial charge in [-0.25, -0.2) is 0 Å². The Labute approximate surface area is 212 Å². The fourth-order valence-corrected chi connectivity index (χ4v) is 6.28. The summed E-state index contributed by atoms with van der Waals surface area (Å²) in [7, 11) is -8.45. The van der Waals surface area contributed by atoms with E-state index in [-0.39, 0.29) is 6.54 Å². The van der Waals surface area contributed by atoms with E-state index in [9.17, 15) is 25.9 Å². The maximum Gasteiger partial charge on any atom is 0.326 e. The van der Waals surface area contributed by atoms with Crippen LogP contribution >= 0.6 is 0 Å². The molecule has 192 valence electrons. The van der Waals surface area contributed by atoms with Crippen LogP contribution in [0.25, 0.3) is 0 Å². The first-order valence-corrected chi connectivity index (χ1v) is 14.8. The highest BCUT2D eigenvalue weighted by molar-refractivity contribution is 7.85. The molecule has 0 aliphatic carbocycles. The summed E-state index contributed by atoms with van der Waals surface area (Å²) in [5.74, 6) is -0.985. The van der Waals surface area contributed by atoms with Crippen molar-refractivity contribution in [3.8, 4) is 0 Å². The summed E-state index contributed by atoms with van der Waals surface area (Å²) >= 11 is 0. The third-order valence-electron chi connectivity index (χ3n) is 6.97. The number of anilines is 1. The summed E-state index contributed by atoms with van der Waals surface area (Å²) < 4.78 is 67.3. The summed E-state index contributed by atoms with van der Waals surface area (Å²) in [6.07, 6.45) is 5.54. The van der Waals surface area contributed by atoms with E-state index in [4.69, 9.17) is 0 Å². The maximum absolute atomic E-state index is 11.8. The van der Waals surface area contributed by atoms with Crippen LogP contribution in [0.15, 0.2) is 72.5 Å². The quantitative estimate of drug-likeness (QED) is 0.409. The van der Waals surface area contributed by atoms with Crippen LogP contribution in [0.5, 0.6) is 0 Å². The van der Waals surface area contributed by atoms with Crippen LogP contribution in [0.3, 0.4) is 0 Å². The molecule has 8 nitrogen and oxygen atoms in total. The van der Waals surface area contributed by atoms with E-state index in [0.717, 1.165) is 28.2 Å². The van der Waals surface area contributed by atoms with Crippen LogP contribution in [0.1, 0.15) is 38.8 Å². The van der Waals surface area contributed by atoms with E-state index in [1.54, 1.807) is 4.58 Å². The highest BCUT2D eigenvalue weighted by atomic mass is 32.2. The second-order valence-corrected chi connectivity index (χ2v) is 13.2. The van der Waals surface area contributed by atoms with E-state index >= 15 is 0 Å². The molecule has 0 spiro atoms. The first-order chi connectivity index (χ1) is 16.6. The molecule has 0 fully saturated rings. The standard InChI is InChI=1S/C26H30N2O6S2/c1-25(2)19-10-5-7-12-21(19)27(16-17-35(29,30)31)23(25)14-9-15-24-26(3,4)20-11-6-8-13-22(20)28(24)18-36(32,33)34/h5-15H,16-18H2,1-4H3,(H-,29,30,31,32,33,34)/p+1. The second-order valence-electron chi connectivity index (χ2n) is 10.2. The van der Waals surface area contributed by atoms with Crippen molar-refractivity contribution in [2.75, 3.05) is 23.1 Å². The maximum atomic E-state index is 11.8. The number of hydrogen-bond donors (Lipinski definition) is 2. The molecular formula is C26H31N2O6S2+. The van der Waals surface area contributed by atoms with Crippen LogP contribution in [-0.2, 0) is 31.1 Å².